The van der Waals surface area contributed by atoms with E-state index in [1.807, 2.05) is 0 Å². The molecule has 0 aliphatic heterocycles. The zero-order valence-corrected chi connectivity index (χ0v) is 42.6. The Bertz CT molecular complexity index is 1370. The van der Waals surface area contributed by atoms with Crippen molar-refractivity contribution >= 4 is 79.2 Å². The minimum Gasteiger partial charge on any atom is -0.481 e. The predicted octanol–water partition coefficient (Wildman–Crippen LogP) is 3.64. The summed E-state index contributed by atoms with van der Waals surface area (Å²) in [5.41, 5.74) is 0. The average Bonchev–Trinajstić information content (AvgIpc) is 3.30. The van der Waals surface area contributed by atoms with Crippen LogP contribution < -0.4 is 31.9 Å². The normalized spacial score (nSPS) is 11.9. The maximum Gasteiger partial charge on any atom is 0.326 e. The van der Waals surface area contributed by atoms with Gasteiger partial charge in [0, 0.05) is 51.9 Å². The number of alkyl halides is 2. The molecule has 0 saturated heterocycles. The van der Waals surface area contributed by atoms with E-state index < -0.39 is 24.0 Å². The fourth-order valence-electron chi connectivity index (χ4n) is 6.42. The minimum atomic E-state index is -1.07. The van der Waals surface area contributed by atoms with Crippen LogP contribution in [0.15, 0.2) is 0 Å². The molecular formula is C45H80Br2N6O14. The van der Waals surface area contributed by atoms with Gasteiger partial charge in [-0.05, 0) is 44.9 Å². The Morgan fingerprint density at radius 2 is 0.791 bits per heavy atom. The molecule has 0 rings (SSSR count). The summed E-state index contributed by atoms with van der Waals surface area (Å²) in [4.78, 5) is 94.4. The average molecular weight is 1090 g/mol. The van der Waals surface area contributed by atoms with Crippen LogP contribution in [0.2, 0.25) is 0 Å². The van der Waals surface area contributed by atoms with Crippen LogP contribution in [-0.2, 0) is 57.3 Å². The molecule has 0 saturated carbocycles. The smallest absolute Gasteiger partial charge is 0.326 e. The van der Waals surface area contributed by atoms with Crippen LogP contribution in [0.3, 0.4) is 0 Å². The van der Waals surface area contributed by atoms with Crippen molar-refractivity contribution in [3.05, 3.63) is 0 Å². The lowest BCUT2D eigenvalue weighted by Gasteiger charge is -2.18. The first-order chi connectivity index (χ1) is 32.4. The summed E-state index contributed by atoms with van der Waals surface area (Å²) in [5.74, 6) is -3.26. The monoisotopic (exact) mass is 1090 g/mol. The number of carbonyl (C=O) groups is 8. The predicted molar refractivity (Wildman–Crippen MR) is 259 cm³/mol. The molecule has 0 bridgehead atoms. The lowest BCUT2D eigenvalue weighted by atomic mass is 10.0. The Balaban J connectivity index is 3.72. The molecule has 0 aromatic carbocycles. The minimum absolute atomic E-state index is 0.0602. The van der Waals surface area contributed by atoms with Crippen molar-refractivity contribution in [2.75, 3.05) is 89.7 Å². The number of halogens is 2. The second-order valence-corrected chi connectivity index (χ2v) is 17.0. The van der Waals surface area contributed by atoms with E-state index in [9.17, 15) is 43.5 Å². The standard InChI is InChI=1S/C45H80Br2N6O14/c46-34-41(57)49-23-15-17-36(52-42(58)35-47)44(61)51-25-29-67-33-31-65-27-21-39(55)50-24-28-66-32-30-64-26-20-38(54)48-22-14-13-16-37(45(62)63)53-40(56)18-11-9-7-5-3-1-2-4-6-8-10-12-19-43(59)60/h36-37H,1-35H2,(H,48,54)(H,49,57)(H,50,55)(H,51,61)(H,52,58)(H,53,56)(H,59,60)(H,62,63)/t36-,37-/m0/s1. The number of carboxylic acid groups (broad SMARTS) is 2. The number of hydrogen-bond acceptors (Lipinski definition) is 12. The lowest BCUT2D eigenvalue weighted by molar-refractivity contribution is -0.142. The highest BCUT2D eigenvalue weighted by Gasteiger charge is 2.21. The molecule has 0 spiro atoms. The number of aliphatic carboxylic acids is 2. The van der Waals surface area contributed by atoms with Crippen LogP contribution in [0.25, 0.3) is 0 Å². The molecule has 0 aliphatic rings. The summed E-state index contributed by atoms with van der Waals surface area (Å²) in [6.07, 6.45) is 15.6. The van der Waals surface area contributed by atoms with Gasteiger partial charge < -0.3 is 61.1 Å². The first kappa shape index (κ1) is 63.6. The van der Waals surface area contributed by atoms with E-state index in [1.165, 1.54) is 19.3 Å². The maximum absolute atomic E-state index is 12.5. The van der Waals surface area contributed by atoms with Crippen molar-refractivity contribution in [2.24, 2.45) is 0 Å². The van der Waals surface area contributed by atoms with E-state index in [-0.39, 0.29) is 125 Å². The fourth-order valence-corrected chi connectivity index (χ4v) is 6.78. The van der Waals surface area contributed by atoms with Gasteiger partial charge in [-0.3, -0.25) is 33.6 Å². The first-order valence-electron chi connectivity index (χ1n) is 23.9. The largest absolute Gasteiger partial charge is 0.481 e. The van der Waals surface area contributed by atoms with Crippen molar-refractivity contribution in [3.63, 3.8) is 0 Å². The molecule has 22 heteroatoms. The van der Waals surface area contributed by atoms with Crippen LogP contribution in [0, 0.1) is 0 Å². The molecule has 20 nitrogen and oxygen atoms in total. The van der Waals surface area contributed by atoms with Gasteiger partial charge in [0.15, 0.2) is 0 Å². The lowest BCUT2D eigenvalue weighted by Crippen LogP contribution is -2.48. The Kier molecular flexibility index (Phi) is 43.9. The summed E-state index contributed by atoms with van der Waals surface area (Å²) in [6, 6.07) is -1.70. The highest BCUT2D eigenvalue weighted by atomic mass is 79.9. The molecule has 0 aliphatic carbocycles. The number of rotatable bonds is 48. The molecule has 6 amide bonds. The zero-order chi connectivity index (χ0) is 49.6. The molecule has 0 radical (unpaired) electrons. The third-order valence-corrected chi connectivity index (χ3v) is 11.1. The Morgan fingerprint density at radius 3 is 1.30 bits per heavy atom. The van der Waals surface area contributed by atoms with E-state index in [0.29, 0.717) is 58.3 Å². The van der Waals surface area contributed by atoms with E-state index in [4.69, 9.17) is 24.1 Å². The second-order valence-electron chi connectivity index (χ2n) is 15.9. The number of amides is 6. The van der Waals surface area contributed by atoms with Crippen LogP contribution >= 0.6 is 31.9 Å². The molecular weight excluding hydrogens is 1010 g/mol. The Morgan fingerprint density at radius 1 is 0.373 bits per heavy atom. The quantitative estimate of drug-likeness (QED) is 0.0319. The molecule has 0 unspecified atom stereocenters. The highest BCUT2D eigenvalue weighted by molar-refractivity contribution is 9.09. The molecule has 0 heterocycles. The van der Waals surface area contributed by atoms with Gasteiger partial charge >= 0.3 is 11.9 Å². The van der Waals surface area contributed by atoms with Crippen LogP contribution in [0.4, 0.5) is 0 Å². The summed E-state index contributed by atoms with van der Waals surface area (Å²) in [7, 11) is 0. The van der Waals surface area contributed by atoms with Crippen LogP contribution in [0.5, 0.6) is 0 Å². The number of nitrogens with one attached hydrogen (secondary N) is 6. The Hall–Kier alpha value is -3.44. The third-order valence-electron chi connectivity index (χ3n) is 10.1. The van der Waals surface area contributed by atoms with Gasteiger partial charge in [-0.2, -0.15) is 0 Å². The van der Waals surface area contributed by atoms with Gasteiger partial charge in [-0.15, -0.1) is 0 Å². The molecule has 388 valence electrons. The fraction of sp³-hybridized carbons (Fsp3) is 0.822. The number of unbranched alkanes of at least 4 members (excludes halogenated alkanes) is 12. The zero-order valence-electron chi connectivity index (χ0n) is 39.5. The van der Waals surface area contributed by atoms with Gasteiger partial charge in [-0.1, -0.05) is 96.1 Å². The molecule has 8 N–H and O–H groups in total. The van der Waals surface area contributed by atoms with Crippen molar-refractivity contribution in [1.82, 2.24) is 31.9 Å². The van der Waals surface area contributed by atoms with E-state index >= 15 is 0 Å². The van der Waals surface area contributed by atoms with Crippen molar-refractivity contribution in [3.8, 4) is 0 Å². The highest BCUT2D eigenvalue weighted by Crippen LogP contribution is 2.13. The summed E-state index contributed by atoms with van der Waals surface area (Å²) in [5, 5.41) is 34.7. The molecule has 0 aromatic heterocycles. The van der Waals surface area contributed by atoms with Gasteiger partial charge in [-0.25, -0.2) is 4.79 Å². The summed E-state index contributed by atoms with van der Waals surface area (Å²) >= 11 is 6.13. The van der Waals surface area contributed by atoms with E-state index in [1.54, 1.807) is 0 Å². The summed E-state index contributed by atoms with van der Waals surface area (Å²) < 4.78 is 21.8. The van der Waals surface area contributed by atoms with Gasteiger partial charge in [0.05, 0.1) is 63.5 Å². The van der Waals surface area contributed by atoms with Crippen molar-refractivity contribution < 1.29 is 67.5 Å². The second kappa shape index (κ2) is 46.3. The number of carboxylic acids is 2. The SMILES string of the molecule is O=C(O)CCCCCCCCCCCCCCC(=O)N[C@@H](CCCCNC(=O)CCOCCOCCNC(=O)CCOCCOCCNC(=O)[C@H](CCCNC(=O)CBr)NC(=O)CBr)C(=O)O. The summed E-state index contributed by atoms with van der Waals surface area (Å²) in [6.45, 7) is 3.35. The van der Waals surface area contributed by atoms with E-state index in [0.717, 1.165) is 57.8 Å². The maximum atomic E-state index is 12.5. The molecule has 0 fully saturated rings. The first-order valence-corrected chi connectivity index (χ1v) is 26.2. The molecule has 2 atom stereocenters. The number of carbonyl (C=O) groups excluding carboxylic acids is 6. The van der Waals surface area contributed by atoms with E-state index in [2.05, 4.69) is 63.8 Å². The number of ether oxygens (including phenoxy) is 4. The van der Waals surface area contributed by atoms with Crippen LogP contribution in [0.1, 0.15) is 135 Å². The van der Waals surface area contributed by atoms with Crippen molar-refractivity contribution in [2.45, 2.75) is 147 Å². The Labute approximate surface area is 413 Å². The topological polar surface area (TPSA) is 286 Å². The van der Waals surface area contributed by atoms with Crippen molar-refractivity contribution in [1.29, 1.82) is 0 Å². The van der Waals surface area contributed by atoms with Gasteiger partial charge in [0.1, 0.15) is 12.1 Å². The third kappa shape index (κ3) is 43.6. The molecule has 67 heavy (non-hydrogen) atoms. The van der Waals surface area contributed by atoms with Gasteiger partial charge in [0.25, 0.3) is 0 Å². The van der Waals surface area contributed by atoms with Crippen LogP contribution in [-0.4, -0.2) is 159 Å². The number of hydrogen-bond donors (Lipinski definition) is 8. The molecule has 0 aromatic rings. The van der Waals surface area contributed by atoms with Gasteiger partial charge in [0.2, 0.25) is 35.4 Å².